The van der Waals surface area contributed by atoms with Crippen molar-refractivity contribution in [2.24, 2.45) is 5.92 Å². The molecule has 1 aliphatic rings. The van der Waals surface area contributed by atoms with E-state index < -0.39 is 5.97 Å². The molecular weight excluding hydrogens is 258 g/mol. The van der Waals surface area contributed by atoms with Gasteiger partial charge in [-0.1, -0.05) is 20.3 Å². The minimum atomic E-state index is -0.876. The normalized spacial score (nSPS) is 18.1. The zero-order valence-electron chi connectivity index (χ0n) is 12.2. The number of nitrogens with zero attached hydrogens (tertiary/aromatic N) is 3. The molecule has 0 radical (unpaired) electrons. The predicted molar refractivity (Wildman–Crippen MR) is 73.6 cm³/mol. The van der Waals surface area contributed by atoms with E-state index in [0.717, 1.165) is 50.5 Å². The summed E-state index contributed by atoms with van der Waals surface area (Å²) in [5, 5.41) is 13.4. The third-order valence-corrected chi connectivity index (χ3v) is 3.86. The van der Waals surface area contributed by atoms with E-state index in [1.807, 2.05) is 0 Å². The molecule has 2 heterocycles. The fourth-order valence-corrected chi connectivity index (χ4v) is 2.38. The van der Waals surface area contributed by atoms with Gasteiger partial charge in [-0.15, -0.1) is 0 Å². The van der Waals surface area contributed by atoms with E-state index >= 15 is 0 Å². The maximum Gasteiger partial charge on any atom is 0.325 e. The minimum Gasteiger partial charge on any atom is -0.480 e. The van der Waals surface area contributed by atoms with Crippen molar-refractivity contribution in [2.45, 2.75) is 52.0 Å². The topological polar surface area (TPSA) is 77.2 Å². The average Bonchev–Trinajstić information content (AvgIpc) is 2.82. The Bertz CT molecular complexity index is 453. The number of rotatable bonds is 6. The molecule has 0 unspecified atom stereocenters. The number of ether oxygens (including phenoxy) is 1. The Labute approximate surface area is 119 Å². The van der Waals surface area contributed by atoms with Gasteiger partial charge in [0, 0.05) is 25.6 Å². The maximum absolute atomic E-state index is 11.0. The Kier molecular flexibility index (Phi) is 5.11. The third-order valence-electron chi connectivity index (χ3n) is 3.86. The molecule has 0 bridgehead atoms. The van der Waals surface area contributed by atoms with Crippen molar-refractivity contribution < 1.29 is 14.6 Å². The van der Waals surface area contributed by atoms with Crippen LogP contribution in [0.1, 0.15) is 50.7 Å². The summed E-state index contributed by atoms with van der Waals surface area (Å²) in [5.41, 5.74) is 0. The predicted octanol–water partition coefficient (Wildman–Crippen LogP) is 1.85. The molecule has 1 aliphatic heterocycles. The smallest absolute Gasteiger partial charge is 0.325 e. The van der Waals surface area contributed by atoms with Gasteiger partial charge < -0.3 is 9.84 Å². The average molecular weight is 281 g/mol. The maximum atomic E-state index is 11.0. The van der Waals surface area contributed by atoms with Gasteiger partial charge in [0.15, 0.2) is 5.82 Å². The van der Waals surface area contributed by atoms with E-state index in [4.69, 9.17) is 9.84 Å². The summed E-state index contributed by atoms with van der Waals surface area (Å²) >= 11 is 0. The van der Waals surface area contributed by atoms with Crippen molar-refractivity contribution in [2.75, 3.05) is 13.2 Å². The molecule has 2 rings (SSSR count). The summed E-state index contributed by atoms with van der Waals surface area (Å²) in [6.07, 6.45) is 3.66. The van der Waals surface area contributed by atoms with Crippen LogP contribution in [0.3, 0.4) is 0 Å². The SMILES string of the molecule is CC[C@H](C)Cc1nc(C2CCOCC2)nn1CC(=O)O. The first-order valence-electron chi connectivity index (χ1n) is 7.33. The Hall–Kier alpha value is -1.43. The molecular formula is C14H23N3O3. The van der Waals surface area contributed by atoms with Crippen molar-refractivity contribution in [3.63, 3.8) is 0 Å². The second-order valence-corrected chi connectivity index (χ2v) is 5.54. The number of hydrogen-bond acceptors (Lipinski definition) is 4. The number of carbonyl (C=O) groups is 1. The molecule has 0 aliphatic carbocycles. The van der Waals surface area contributed by atoms with Gasteiger partial charge in [0.2, 0.25) is 0 Å². The highest BCUT2D eigenvalue weighted by Gasteiger charge is 2.23. The van der Waals surface area contributed by atoms with Gasteiger partial charge in [0.1, 0.15) is 12.4 Å². The van der Waals surface area contributed by atoms with Gasteiger partial charge >= 0.3 is 5.97 Å². The summed E-state index contributed by atoms with van der Waals surface area (Å²) in [6.45, 7) is 5.63. The zero-order chi connectivity index (χ0) is 14.5. The lowest BCUT2D eigenvalue weighted by Crippen LogP contribution is -2.16. The lowest BCUT2D eigenvalue weighted by atomic mass is 10.00. The van der Waals surface area contributed by atoms with Crippen LogP contribution in [0, 0.1) is 5.92 Å². The van der Waals surface area contributed by atoms with Crippen molar-refractivity contribution in [1.82, 2.24) is 14.8 Å². The first kappa shape index (κ1) is 15.0. The van der Waals surface area contributed by atoms with Crippen LogP contribution in [0.4, 0.5) is 0 Å². The standard InChI is InChI=1S/C14H23N3O3/c1-3-10(2)8-12-15-14(11-4-6-20-7-5-11)16-17(12)9-13(18)19/h10-11H,3-9H2,1-2H3,(H,18,19)/t10-/m0/s1. The first-order valence-corrected chi connectivity index (χ1v) is 7.33. The Balaban J connectivity index is 2.18. The second-order valence-electron chi connectivity index (χ2n) is 5.54. The summed E-state index contributed by atoms with van der Waals surface area (Å²) in [5.74, 6) is 1.48. The van der Waals surface area contributed by atoms with Gasteiger partial charge in [-0.05, 0) is 18.8 Å². The molecule has 1 saturated heterocycles. The quantitative estimate of drug-likeness (QED) is 0.861. The van der Waals surface area contributed by atoms with Crippen LogP contribution in [-0.4, -0.2) is 39.1 Å². The summed E-state index contributed by atoms with van der Waals surface area (Å²) in [6, 6.07) is 0. The van der Waals surface area contributed by atoms with Crippen LogP contribution in [0.15, 0.2) is 0 Å². The van der Waals surface area contributed by atoms with E-state index in [2.05, 4.69) is 23.9 Å². The molecule has 1 aromatic rings. The molecule has 1 aromatic heterocycles. The molecule has 0 amide bonds. The third kappa shape index (κ3) is 3.79. The molecule has 112 valence electrons. The molecule has 6 heteroatoms. The molecule has 20 heavy (non-hydrogen) atoms. The molecule has 1 N–H and O–H groups in total. The van der Waals surface area contributed by atoms with Crippen LogP contribution in [0.5, 0.6) is 0 Å². The van der Waals surface area contributed by atoms with Crippen molar-refractivity contribution >= 4 is 5.97 Å². The molecule has 6 nitrogen and oxygen atoms in total. The van der Waals surface area contributed by atoms with E-state index in [9.17, 15) is 4.79 Å². The van der Waals surface area contributed by atoms with Crippen LogP contribution >= 0.6 is 0 Å². The van der Waals surface area contributed by atoms with Crippen LogP contribution in [0.25, 0.3) is 0 Å². The van der Waals surface area contributed by atoms with Gasteiger partial charge in [0.05, 0.1) is 0 Å². The summed E-state index contributed by atoms with van der Waals surface area (Å²) < 4.78 is 6.90. The van der Waals surface area contributed by atoms with Crippen LogP contribution in [0.2, 0.25) is 0 Å². The van der Waals surface area contributed by atoms with Gasteiger partial charge in [0.25, 0.3) is 0 Å². The summed E-state index contributed by atoms with van der Waals surface area (Å²) in [4.78, 5) is 15.6. The van der Waals surface area contributed by atoms with Crippen LogP contribution in [-0.2, 0) is 22.5 Å². The number of carboxylic acids is 1. The molecule has 0 aromatic carbocycles. The number of carboxylic acid groups (broad SMARTS) is 1. The Morgan fingerprint density at radius 1 is 1.50 bits per heavy atom. The molecule has 0 spiro atoms. The van der Waals surface area contributed by atoms with Gasteiger partial charge in [-0.2, -0.15) is 5.10 Å². The van der Waals surface area contributed by atoms with Crippen molar-refractivity contribution in [1.29, 1.82) is 0 Å². The van der Waals surface area contributed by atoms with E-state index in [-0.39, 0.29) is 6.54 Å². The molecule has 1 fully saturated rings. The number of aliphatic carboxylic acids is 1. The lowest BCUT2D eigenvalue weighted by molar-refractivity contribution is -0.137. The van der Waals surface area contributed by atoms with E-state index in [1.165, 1.54) is 0 Å². The zero-order valence-corrected chi connectivity index (χ0v) is 12.2. The second kappa shape index (κ2) is 6.83. The highest BCUT2D eigenvalue weighted by atomic mass is 16.5. The first-order chi connectivity index (χ1) is 9.60. The molecule has 1 atom stereocenters. The van der Waals surface area contributed by atoms with E-state index in [0.29, 0.717) is 11.8 Å². The number of hydrogen-bond donors (Lipinski definition) is 1. The highest BCUT2D eigenvalue weighted by molar-refractivity contribution is 5.66. The lowest BCUT2D eigenvalue weighted by Gasteiger charge is -2.18. The summed E-state index contributed by atoms with van der Waals surface area (Å²) in [7, 11) is 0. The van der Waals surface area contributed by atoms with Gasteiger partial charge in [-0.3, -0.25) is 4.79 Å². The van der Waals surface area contributed by atoms with Crippen molar-refractivity contribution in [3.8, 4) is 0 Å². The fraction of sp³-hybridized carbons (Fsp3) is 0.786. The van der Waals surface area contributed by atoms with Crippen molar-refractivity contribution in [3.05, 3.63) is 11.6 Å². The minimum absolute atomic E-state index is 0.109. The molecule has 0 saturated carbocycles. The Morgan fingerprint density at radius 2 is 2.20 bits per heavy atom. The largest absolute Gasteiger partial charge is 0.480 e. The van der Waals surface area contributed by atoms with E-state index in [1.54, 1.807) is 4.68 Å². The van der Waals surface area contributed by atoms with Gasteiger partial charge in [-0.25, -0.2) is 9.67 Å². The monoisotopic (exact) mass is 281 g/mol. The fourth-order valence-electron chi connectivity index (χ4n) is 2.38. The Morgan fingerprint density at radius 3 is 2.80 bits per heavy atom. The van der Waals surface area contributed by atoms with Crippen LogP contribution < -0.4 is 0 Å². The number of aromatic nitrogens is 3. The highest BCUT2D eigenvalue weighted by Crippen LogP contribution is 2.25.